The summed E-state index contributed by atoms with van der Waals surface area (Å²) in [6, 6.07) is 28.2. The SMILES string of the molecule is CC(N=C(N=C(N)c1ccc(C(C)(C)C)cc1)c1ccc(C(C)(C)C)cc1)c1ccc(-c2ccc(C(=O)C3=CC=CCC3)cc2)nc1. The summed E-state index contributed by atoms with van der Waals surface area (Å²) in [5.74, 6) is 1.08. The third-order valence-electron chi connectivity index (χ3n) is 8.62. The molecular formula is C42H46N4O. The lowest BCUT2D eigenvalue weighted by Crippen LogP contribution is -2.18. The monoisotopic (exact) mass is 622 g/mol. The van der Waals surface area contributed by atoms with Gasteiger partial charge in [-0.3, -0.25) is 14.8 Å². The largest absolute Gasteiger partial charge is 0.383 e. The zero-order valence-electron chi connectivity index (χ0n) is 28.7. The number of aromatic nitrogens is 1. The van der Waals surface area contributed by atoms with Gasteiger partial charge in [0.05, 0.1) is 11.7 Å². The molecule has 0 amide bonds. The average molecular weight is 623 g/mol. The molecule has 0 radical (unpaired) electrons. The highest BCUT2D eigenvalue weighted by Crippen LogP contribution is 2.27. The Balaban J connectivity index is 1.41. The van der Waals surface area contributed by atoms with Crippen molar-refractivity contribution in [3.8, 4) is 11.3 Å². The maximum atomic E-state index is 12.9. The van der Waals surface area contributed by atoms with Crippen molar-refractivity contribution in [1.29, 1.82) is 0 Å². The van der Waals surface area contributed by atoms with E-state index in [0.29, 0.717) is 17.2 Å². The van der Waals surface area contributed by atoms with Crippen molar-refractivity contribution in [2.24, 2.45) is 15.7 Å². The quantitative estimate of drug-likeness (QED) is 0.127. The molecule has 3 aromatic carbocycles. The van der Waals surface area contributed by atoms with Crippen molar-refractivity contribution in [1.82, 2.24) is 4.98 Å². The zero-order valence-corrected chi connectivity index (χ0v) is 28.7. The molecule has 1 aliphatic rings. The minimum Gasteiger partial charge on any atom is -0.383 e. The van der Waals surface area contributed by atoms with Gasteiger partial charge in [0.15, 0.2) is 11.6 Å². The van der Waals surface area contributed by atoms with Crippen LogP contribution < -0.4 is 5.73 Å². The topological polar surface area (TPSA) is 80.7 Å². The minimum atomic E-state index is -0.216. The third kappa shape index (κ3) is 8.28. The summed E-state index contributed by atoms with van der Waals surface area (Å²) < 4.78 is 0. The molecule has 47 heavy (non-hydrogen) atoms. The van der Waals surface area contributed by atoms with Crippen LogP contribution in [0.2, 0.25) is 0 Å². The van der Waals surface area contributed by atoms with Gasteiger partial charge >= 0.3 is 0 Å². The van der Waals surface area contributed by atoms with Gasteiger partial charge in [-0.2, -0.15) is 0 Å². The summed E-state index contributed by atoms with van der Waals surface area (Å²) in [6.07, 6.45) is 9.51. The van der Waals surface area contributed by atoms with E-state index < -0.39 is 0 Å². The summed E-state index contributed by atoms with van der Waals surface area (Å²) in [5, 5.41) is 0. The van der Waals surface area contributed by atoms with Gasteiger partial charge in [-0.25, -0.2) is 4.99 Å². The first-order chi connectivity index (χ1) is 22.3. The predicted octanol–water partition coefficient (Wildman–Crippen LogP) is 9.72. The molecule has 1 unspecified atom stereocenters. The molecule has 0 fully saturated rings. The number of aliphatic imine (C=N–C) groups is 2. The second kappa shape index (κ2) is 13.8. The molecule has 0 spiro atoms. The molecule has 5 nitrogen and oxygen atoms in total. The number of Topliss-reactive ketones (excluding diaryl/α,β-unsaturated/α-hetero) is 1. The zero-order chi connectivity index (χ0) is 33.8. The van der Waals surface area contributed by atoms with Crippen LogP contribution >= 0.6 is 0 Å². The summed E-state index contributed by atoms with van der Waals surface area (Å²) >= 11 is 0. The van der Waals surface area contributed by atoms with Gasteiger partial charge in [-0.1, -0.05) is 139 Å². The van der Waals surface area contributed by atoms with Crippen LogP contribution in [0.4, 0.5) is 0 Å². The number of nitrogens with two attached hydrogens (primary N) is 1. The Morgan fingerprint density at radius 3 is 1.85 bits per heavy atom. The van der Waals surface area contributed by atoms with E-state index in [1.54, 1.807) is 0 Å². The molecule has 0 aliphatic heterocycles. The number of nitrogens with zero attached hydrogens (tertiary/aromatic N) is 3. The maximum Gasteiger partial charge on any atom is 0.189 e. The second-order valence-electron chi connectivity index (χ2n) is 14.3. The van der Waals surface area contributed by atoms with E-state index in [0.717, 1.165) is 46.4 Å². The Bertz CT molecular complexity index is 1830. The van der Waals surface area contributed by atoms with Crippen LogP contribution in [0, 0.1) is 0 Å². The van der Waals surface area contributed by atoms with Crippen molar-refractivity contribution >= 4 is 17.5 Å². The van der Waals surface area contributed by atoms with Gasteiger partial charge in [0, 0.05) is 34.0 Å². The molecule has 240 valence electrons. The minimum absolute atomic E-state index is 0.0358. The van der Waals surface area contributed by atoms with E-state index >= 15 is 0 Å². The predicted molar refractivity (Wildman–Crippen MR) is 196 cm³/mol. The van der Waals surface area contributed by atoms with Crippen LogP contribution in [0.1, 0.15) is 106 Å². The first kappa shape index (κ1) is 33.5. The molecule has 1 aromatic heterocycles. The fourth-order valence-electron chi connectivity index (χ4n) is 5.46. The average Bonchev–Trinajstić information content (AvgIpc) is 3.07. The Kier molecular flexibility index (Phi) is 9.85. The third-order valence-corrected chi connectivity index (χ3v) is 8.62. The molecule has 0 saturated heterocycles. The number of hydrogen-bond donors (Lipinski definition) is 1. The summed E-state index contributed by atoms with van der Waals surface area (Å²) in [5.41, 5.74) is 15.2. The van der Waals surface area contributed by atoms with Crippen molar-refractivity contribution < 1.29 is 4.79 Å². The maximum absolute atomic E-state index is 12.9. The number of hydrogen-bond acceptors (Lipinski definition) is 3. The first-order valence-corrected chi connectivity index (χ1v) is 16.4. The van der Waals surface area contributed by atoms with Crippen LogP contribution in [0.25, 0.3) is 11.3 Å². The number of allylic oxidation sites excluding steroid dienone is 4. The lowest BCUT2D eigenvalue weighted by molar-refractivity contribution is 0.103. The van der Waals surface area contributed by atoms with Crippen molar-refractivity contribution in [2.75, 3.05) is 0 Å². The summed E-state index contributed by atoms with van der Waals surface area (Å²) in [4.78, 5) is 27.6. The Morgan fingerprint density at radius 1 is 0.766 bits per heavy atom. The number of pyridine rings is 1. The van der Waals surface area contributed by atoms with Crippen molar-refractivity contribution in [3.05, 3.63) is 148 Å². The van der Waals surface area contributed by atoms with Crippen molar-refractivity contribution in [3.63, 3.8) is 0 Å². The van der Waals surface area contributed by atoms with Gasteiger partial charge in [0.2, 0.25) is 0 Å². The Morgan fingerprint density at radius 2 is 1.34 bits per heavy atom. The van der Waals surface area contributed by atoms with Gasteiger partial charge < -0.3 is 5.73 Å². The molecule has 0 bridgehead atoms. The first-order valence-electron chi connectivity index (χ1n) is 16.4. The number of carbonyl (C=O) groups is 1. The molecule has 1 aliphatic carbocycles. The fourth-order valence-corrected chi connectivity index (χ4v) is 5.46. The van der Waals surface area contributed by atoms with Gasteiger partial charge in [0.25, 0.3) is 0 Å². The number of rotatable bonds is 7. The summed E-state index contributed by atoms with van der Waals surface area (Å²) in [6.45, 7) is 15.2. The van der Waals surface area contributed by atoms with Crippen LogP contribution in [0.3, 0.4) is 0 Å². The number of benzene rings is 3. The van der Waals surface area contributed by atoms with Crippen molar-refractivity contribution in [2.45, 2.75) is 78.2 Å². The van der Waals surface area contributed by atoms with E-state index in [1.165, 1.54) is 11.1 Å². The molecule has 5 heteroatoms. The molecule has 1 atom stereocenters. The second-order valence-corrected chi connectivity index (χ2v) is 14.3. The molecule has 4 aromatic rings. The van der Waals surface area contributed by atoms with Crippen LogP contribution in [0.5, 0.6) is 0 Å². The van der Waals surface area contributed by atoms with E-state index in [9.17, 15) is 4.79 Å². The lowest BCUT2D eigenvalue weighted by Gasteiger charge is -2.19. The molecule has 0 saturated carbocycles. The molecule has 1 heterocycles. The molecule has 5 rings (SSSR count). The number of ketones is 1. The number of carbonyl (C=O) groups excluding carboxylic acids is 1. The van der Waals surface area contributed by atoms with E-state index in [2.05, 4.69) is 84.0 Å². The highest BCUT2D eigenvalue weighted by atomic mass is 16.1. The smallest absolute Gasteiger partial charge is 0.189 e. The van der Waals surface area contributed by atoms with Gasteiger partial charge in [0.1, 0.15) is 5.84 Å². The highest BCUT2D eigenvalue weighted by Gasteiger charge is 2.17. The Labute approximate surface area is 280 Å². The fraction of sp³-hybridized carbons (Fsp3) is 0.286. The van der Waals surface area contributed by atoms with Crippen LogP contribution in [-0.2, 0) is 10.8 Å². The standard InChI is InChI=1S/C42H46N4O/c1-28(34-21-26-37(44-27-34)29-13-15-31(16-14-29)38(47)30-11-9-8-10-12-30)45-40(33-19-24-36(25-20-33)42(5,6)7)46-39(43)32-17-22-35(23-18-32)41(2,3)4/h8-9,11,13-28H,10,12H2,1-7H3,(H2,43,45,46). The summed E-state index contributed by atoms with van der Waals surface area (Å²) in [7, 11) is 0. The molecular weight excluding hydrogens is 576 g/mol. The van der Waals surface area contributed by atoms with E-state index in [4.69, 9.17) is 20.7 Å². The van der Waals surface area contributed by atoms with Gasteiger partial charge in [-0.05, 0) is 53.4 Å². The highest BCUT2D eigenvalue weighted by molar-refractivity contribution is 6.11. The van der Waals surface area contributed by atoms with E-state index in [-0.39, 0.29) is 22.7 Å². The van der Waals surface area contributed by atoms with Gasteiger partial charge in [-0.15, -0.1) is 0 Å². The van der Waals surface area contributed by atoms with E-state index in [1.807, 2.05) is 73.8 Å². The normalized spacial score (nSPS) is 14.9. The lowest BCUT2D eigenvalue weighted by atomic mass is 9.86. The molecule has 2 N–H and O–H groups in total. The Hall–Kier alpha value is -4.90. The number of amidine groups is 2. The van der Waals surface area contributed by atoms with Crippen LogP contribution in [-0.4, -0.2) is 22.4 Å². The van der Waals surface area contributed by atoms with Crippen LogP contribution in [0.15, 0.2) is 125 Å².